The van der Waals surface area contributed by atoms with E-state index in [0.29, 0.717) is 30.3 Å². The minimum Gasteiger partial charge on any atom is -0.380 e. The highest BCUT2D eigenvalue weighted by Gasteiger charge is 2.48. The van der Waals surface area contributed by atoms with Crippen LogP contribution in [0.3, 0.4) is 0 Å². The fourth-order valence-corrected chi connectivity index (χ4v) is 7.04. The highest BCUT2D eigenvalue weighted by Crippen LogP contribution is 2.36. The lowest BCUT2D eigenvalue weighted by atomic mass is 10.1. The first-order valence-electron chi connectivity index (χ1n) is 11.9. The van der Waals surface area contributed by atoms with Crippen molar-refractivity contribution in [2.45, 2.75) is 77.9 Å². The van der Waals surface area contributed by atoms with Gasteiger partial charge in [0.05, 0.1) is 10.6 Å². The fourth-order valence-electron chi connectivity index (χ4n) is 4.49. The summed E-state index contributed by atoms with van der Waals surface area (Å²) in [5, 5.41) is 8.03. The minimum absolute atomic E-state index is 0.314. The average molecular weight is 580 g/mol. The molecular weight excluding hydrogens is 547 g/mol. The molecule has 0 bridgehead atoms. The maximum atomic E-state index is 13.5. The summed E-state index contributed by atoms with van der Waals surface area (Å²) in [6, 6.07) is 12.5. The van der Waals surface area contributed by atoms with E-state index in [1.165, 1.54) is 11.8 Å². The number of benzene rings is 2. The molecule has 1 aliphatic heterocycles. The van der Waals surface area contributed by atoms with Crippen molar-refractivity contribution in [3.05, 3.63) is 48.5 Å². The van der Waals surface area contributed by atoms with Crippen LogP contribution in [0.5, 0.6) is 0 Å². The third kappa shape index (κ3) is 7.62. The molecule has 3 atom stereocenters. The van der Waals surface area contributed by atoms with Gasteiger partial charge in [-0.2, -0.15) is 13.2 Å². The number of likely N-dealkylation sites (tertiary alicyclic amines) is 1. The van der Waals surface area contributed by atoms with Gasteiger partial charge in [-0.05, 0) is 76.4 Å². The lowest BCUT2D eigenvalue weighted by Gasteiger charge is -2.27. The molecule has 1 heterocycles. The number of primary sulfonamides is 1. The maximum absolute atomic E-state index is 13.5. The Bertz CT molecular complexity index is 1260. The van der Waals surface area contributed by atoms with E-state index < -0.39 is 35.2 Å². The topological polar surface area (TPSA) is 110 Å². The number of nitrogens with zero attached hydrogens (tertiary/aromatic N) is 1. The number of rotatable bonds is 11. The molecule has 3 rings (SSSR count). The van der Waals surface area contributed by atoms with Gasteiger partial charge in [-0.1, -0.05) is 18.2 Å². The standard InChI is InChI=1S/C24H32F3N3O4S3/c1-17-10-11-18(2)30(17)14-6-7-19(16-35-20-8-4-3-5-9-20)29-22-13-12-21(37(28,33)34)15-23(22)36(31,32)24(25,26)27/h3-5,8-9,12-13,15,17-19,29H,6-7,10-11,14,16H2,1-2H3,(H2,28,33,34)/t17-,18+,19-/m1/s1. The second-order valence-corrected chi connectivity index (χ2v) is 13.8. The fraction of sp³-hybridized carbons (Fsp3) is 0.500. The van der Waals surface area contributed by atoms with Gasteiger partial charge in [0.25, 0.3) is 9.84 Å². The van der Waals surface area contributed by atoms with Gasteiger partial charge >= 0.3 is 5.51 Å². The molecule has 0 unspecified atom stereocenters. The molecule has 0 aliphatic carbocycles. The molecule has 0 aromatic heterocycles. The van der Waals surface area contributed by atoms with Crippen LogP contribution in [-0.2, 0) is 19.9 Å². The smallest absolute Gasteiger partial charge is 0.380 e. The molecule has 37 heavy (non-hydrogen) atoms. The summed E-state index contributed by atoms with van der Waals surface area (Å²) in [6.45, 7) is 5.16. The van der Waals surface area contributed by atoms with Crippen molar-refractivity contribution in [2.75, 3.05) is 17.6 Å². The highest BCUT2D eigenvalue weighted by molar-refractivity contribution is 7.99. The molecule has 7 nitrogen and oxygen atoms in total. The first-order chi connectivity index (χ1) is 17.2. The molecule has 2 aromatic carbocycles. The van der Waals surface area contributed by atoms with E-state index in [1.807, 2.05) is 30.3 Å². The van der Waals surface area contributed by atoms with Crippen LogP contribution >= 0.6 is 11.8 Å². The second kappa shape index (κ2) is 11.9. The Labute approximate surface area is 221 Å². The Kier molecular flexibility index (Phi) is 9.60. The number of sulfone groups is 1. The summed E-state index contributed by atoms with van der Waals surface area (Å²) in [5.74, 6) is 0.456. The Morgan fingerprint density at radius 3 is 2.24 bits per heavy atom. The number of anilines is 1. The van der Waals surface area contributed by atoms with Crippen LogP contribution < -0.4 is 10.5 Å². The van der Waals surface area contributed by atoms with Gasteiger partial charge in [0.1, 0.15) is 4.90 Å². The van der Waals surface area contributed by atoms with Gasteiger partial charge in [0, 0.05) is 28.8 Å². The second-order valence-electron chi connectivity index (χ2n) is 9.27. The zero-order valence-corrected chi connectivity index (χ0v) is 23.1. The molecule has 0 saturated carbocycles. The summed E-state index contributed by atoms with van der Waals surface area (Å²) in [5.41, 5.74) is -5.93. The van der Waals surface area contributed by atoms with Crippen molar-refractivity contribution in [3.63, 3.8) is 0 Å². The number of alkyl halides is 3. The molecule has 206 valence electrons. The zero-order chi connectivity index (χ0) is 27.4. The van der Waals surface area contributed by atoms with Crippen LogP contribution in [0.4, 0.5) is 18.9 Å². The lowest BCUT2D eigenvalue weighted by Crippen LogP contribution is -2.34. The first-order valence-corrected chi connectivity index (χ1v) is 15.9. The van der Waals surface area contributed by atoms with Crippen LogP contribution in [-0.4, -0.2) is 57.7 Å². The SMILES string of the molecule is C[C@@H]1CC[C@H](C)N1CCC[C@H](CSc1ccccc1)Nc1ccc(S(N)(=O)=O)cc1S(=O)(=O)C(F)(F)F. The monoisotopic (exact) mass is 579 g/mol. The molecule has 0 amide bonds. The molecule has 1 fully saturated rings. The third-order valence-electron chi connectivity index (χ3n) is 6.53. The van der Waals surface area contributed by atoms with Crippen molar-refractivity contribution < 1.29 is 30.0 Å². The Balaban J connectivity index is 1.88. The molecular formula is C24H32F3N3O4S3. The van der Waals surface area contributed by atoms with Gasteiger partial charge in [0.2, 0.25) is 10.0 Å². The quantitative estimate of drug-likeness (QED) is 0.366. The predicted octanol–water partition coefficient (Wildman–Crippen LogP) is 4.85. The molecule has 1 saturated heterocycles. The first kappa shape index (κ1) is 29.8. The van der Waals surface area contributed by atoms with Crippen molar-refractivity contribution in [2.24, 2.45) is 5.14 Å². The van der Waals surface area contributed by atoms with Crippen LogP contribution in [0.25, 0.3) is 0 Å². The molecule has 0 spiro atoms. The van der Waals surface area contributed by atoms with Crippen LogP contribution in [0.2, 0.25) is 0 Å². The number of nitrogens with one attached hydrogen (secondary N) is 1. The van der Waals surface area contributed by atoms with Gasteiger partial charge in [-0.15, -0.1) is 11.8 Å². The highest BCUT2D eigenvalue weighted by atomic mass is 32.2. The number of nitrogens with two attached hydrogens (primary N) is 1. The van der Waals surface area contributed by atoms with Crippen molar-refractivity contribution in [1.29, 1.82) is 0 Å². The van der Waals surface area contributed by atoms with Crippen molar-refractivity contribution in [1.82, 2.24) is 4.90 Å². The van der Waals surface area contributed by atoms with Crippen LogP contribution in [0.1, 0.15) is 39.5 Å². The van der Waals surface area contributed by atoms with E-state index in [2.05, 4.69) is 24.1 Å². The predicted molar refractivity (Wildman–Crippen MR) is 140 cm³/mol. The van der Waals surface area contributed by atoms with Crippen molar-refractivity contribution in [3.8, 4) is 0 Å². The molecule has 1 aliphatic rings. The van der Waals surface area contributed by atoms with E-state index >= 15 is 0 Å². The van der Waals surface area contributed by atoms with Crippen LogP contribution in [0, 0.1) is 0 Å². The van der Waals surface area contributed by atoms with E-state index in [-0.39, 0.29) is 11.7 Å². The van der Waals surface area contributed by atoms with Gasteiger partial charge in [0.15, 0.2) is 0 Å². The number of hydrogen-bond donors (Lipinski definition) is 2. The summed E-state index contributed by atoms with van der Waals surface area (Å²) >= 11 is 1.49. The lowest BCUT2D eigenvalue weighted by molar-refractivity contribution is -0.0435. The van der Waals surface area contributed by atoms with E-state index in [1.54, 1.807) is 0 Å². The Morgan fingerprint density at radius 1 is 1.05 bits per heavy atom. The van der Waals surface area contributed by atoms with Crippen molar-refractivity contribution >= 4 is 37.3 Å². The molecule has 2 aromatic rings. The number of thioether (sulfide) groups is 1. The number of sulfonamides is 1. The van der Waals surface area contributed by atoms with Gasteiger partial charge < -0.3 is 5.32 Å². The average Bonchev–Trinajstić information content (AvgIpc) is 3.14. The number of hydrogen-bond acceptors (Lipinski definition) is 7. The summed E-state index contributed by atoms with van der Waals surface area (Å²) < 4.78 is 88.7. The minimum atomic E-state index is -5.85. The third-order valence-corrected chi connectivity index (χ3v) is 10.1. The summed E-state index contributed by atoms with van der Waals surface area (Å²) in [6.07, 6.45) is 3.54. The largest absolute Gasteiger partial charge is 0.501 e. The Morgan fingerprint density at radius 2 is 1.68 bits per heavy atom. The normalized spacial score (nSPS) is 20.2. The summed E-state index contributed by atoms with van der Waals surface area (Å²) in [4.78, 5) is 1.49. The van der Waals surface area contributed by atoms with E-state index in [4.69, 9.17) is 5.14 Å². The molecule has 0 radical (unpaired) electrons. The van der Waals surface area contributed by atoms with Gasteiger partial charge in [-0.25, -0.2) is 22.0 Å². The Hall–Kier alpha value is -1.80. The van der Waals surface area contributed by atoms with E-state index in [9.17, 15) is 30.0 Å². The summed E-state index contributed by atoms with van der Waals surface area (Å²) in [7, 11) is -10.3. The molecule has 3 N–H and O–H groups in total. The molecule has 13 heteroatoms. The maximum Gasteiger partial charge on any atom is 0.501 e. The van der Waals surface area contributed by atoms with E-state index in [0.717, 1.165) is 42.8 Å². The van der Waals surface area contributed by atoms with Crippen LogP contribution in [0.15, 0.2) is 63.2 Å². The van der Waals surface area contributed by atoms with Gasteiger partial charge in [-0.3, -0.25) is 4.90 Å². The zero-order valence-electron chi connectivity index (χ0n) is 20.6. The number of halogens is 3.